The third-order valence-electron chi connectivity index (χ3n) is 3.68. The van der Waals surface area contributed by atoms with Gasteiger partial charge >= 0.3 is 0 Å². The summed E-state index contributed by atoms with van der Waals surface area (Å²) < 4.78 is 5.61. The van der Waals surface area contributed by atoms with E-state index >= 15 is 0 Å². The van der Waals surface area contributed by atoms with Gasteiger partial charge in [-0.1, -0.05) is 6.07 Å². The van der Waals surface area contributed by atoms with Crippen LogP contribution >= 0.6 is 0 Å². The van der Waals surface area contributed by atoms with E-state index in [1.165, 1.54) is 22.3 Å². The summed E-state index contributed by atoms with van der Waals surface area (Å²) >= 11 is 0. The van der Waals surface area contributed by atoms with Crippen molar-refractivity contribution in [2.45, 2.75) is 46.7 Å². The summed E-state index contributed by atoms with van der Waals surface area (Å²) in [6, 6.07) is 2.24. The van der Waals surface area contributed by atoms with Gasteiger partial charge in [-0.2, -0.15) is 0 Å². The van der Waals surface area contributed by atoms with E-state index < -0.39 is 0 Å². The molecular formula is C16H28N2O. The molecular weight excluding hydrogens is 236 g/mol. The molecule has 0 aliphatic carbocycles. The normalized spacial score (nSPS) is 11.7. The second-order valence-corrected chi connectivity index (χ2v) is 5.91. The maximum atomic E-state index is 5.61. The molecule has 0 atom stereocenters. The fraction of sp³-hybridized carbons (Fsp3) is 0.625. The first kappa shape index (κ1) is 16.0. The van der Waals surface area contributed by atoms with Crippen molar-refractivity contribution in [1.82, 2.24) is 10.6 Å². The summed E-state index contributed by atoms with van der Waals surface area (Å²) in [6.07, 6.45) is 0. The Bertz CT molecular complexity index is 439. The number of ether oxygens (including phenoxy) is 1. The van der Waals surface area contributed by atoms with E-state index in [0.717, 1.165) is 18.8 Å². The van der Waals surface area contributed by atoms with Crippen LogP contribution < -0.4 is 15.4 Å². The third-order valence-corrected chi connectivity index (χ3v) is 3.68. The lowest BCUT2D eigenvalue weighted by Crippen LogP contribution is -2.46. The Hall–Kier alpha value is -1.06. The van der Waals surface area contributed by atoms with Crippen LogP contribution in [0, 0.1) is 20.8 Å². The lowest BCUT2D eigenvalue weighted by molar-refractivity contribution is 0.362. The second kappa shape index (κ2) is 6.40. The Labute approximate surface area is 117 Å². The lowest BCUT2D eigenvalue weighted by atomic mass is 9.97. The summed E-state index contributed by atoms with van der Waals surface area (Å²) in [4.78, 5) is 0. The van der Waals surface area contributed by atoms with E-state index in [0.29, 0.717) is 0 Å². The molecule has 108 valence electrons. The summed E-state index contributed by atoms with van der Waals surface area (Å²) in [7, 11) is 3.73. The molecule has 0 fully saturated rings. The minimum atomic E-state index is 0.0605. The zero-order chi connectivity index (χ0) is 14.6. The van der Waals surface area contributed by atoms with E-state index in [1.54, 1.807) is 7.11 Å². The first-order chi connectivity index (χ1) is 8.82. The molecule has 1 aromatic rings. The largest absolute Gasteiger partial charge is 0.496 e. The molecule has 19 heavy (non-hydrogen) atoms. The predicted molar refractivity (Wildman–Crippen MR) is 82.1 cm³/mol. The molecule has 0 aliphatic heterocycles. The third kappa shape index (κ3) is 3.95. The summed E-state index contributed by atoms with van der Waals surface area (Å²) in [6.45, 7) is 12.6. The van der Waals surface area contributed by atoms with Gasteiger partial charge in [-0.05, 0) is 58.4 Å². The SMILES string of the molecule is CNCC(C)(C)NCc1c(C)cc(C)c(C)c1OC. The highest BCUT2D eigenvalue weighted by Gasteiger charge is 2.18. The van der Waals surface area contributed by atoms with Crippen LogP contribution in [0.3, 0.4) is 0 Å². The first-order valence-corrected chi connectivity index (χ1v) is 6.85. The number of likely N-dealkylation sites (N-methyl/N-ethyl adjacent to an activating group) is 1. The summed E-state index contributed by atoms with van der Waals surface area (Å²) in [5.74, 6) is 1.02. The molecule has 0 aliphatic rings. The second-order valence-electron chi connectivity index (χ2n) is 5.91. The molecule has 0 amide bonds. The van der Waals surface area contributed by atoms with Crippen molar-refractivity contribution >= 4 is 0 Å². The van der Waals surface area contributed by atoms with Crippen molar-refractivity contribution in [3.8, 4) is 5.75 Å². The van der Waals surface area contributed by atoms with Gasteiger partial charge in [0.05, 0.1) is 7.11 Å². The Morgan fingerprint density at radius 1 is 1.16 bits per heavy atom. The Morgan fingerprint density at radius 2 is 1.79 bits per heavy atom. The Balaban J connectivity index is 2.98. The maximum absolute atomic E-state index is 5.61. The molecule has 3 nitrogen and oxygen atoms in total. The highest BCUT2D eigenvalue weighted by atomic mass is 16.5. The van der Waals surface area contributed by atoms with Crippen LogP contribution in [0.25, 0.3) is 0 Å². The number of nitrogens with one attached hydrogen (secondary N) is 2. The molecule has 1 aromatic carbocycles. The fourth-order valence-electron chi connectivity index (χ4n) is 2.43. The van der Waals surface area contributed by atoms with Crippen LogP contribution in [0.15, 0.2) is 6.07 Å². The van der Waals surface area contributed by atoms with E-state index in [2.05, 4.69) is 51.3 Å². The van der Waals surface area contributed by atoms with Gasteiger partial charge in [0.15, 0.2) is 0 Å². The molecule has 0 saturated carbocycles. The van der Waals surface area contributed by atoms with Crippen LogP contribution in [0.4, 0.5) is 0 Å². The van der Waals surface area contributed by atoms with Gasteiger partial charge in [-0.25, -0.2) is 0 Å². The maximum Gasteiger partial charge on any atom is 0.126 e. The van der Waals surface area contributed by atoms with Gasteiger partial charge in [-0.3, -0.25) is 0 Å². The monoisotopic (exact) mass is 264 g/mol. The number of aryl methyl sites for hydroxylation is 2. The van der Waals surface area contributed by atoms with Crippen LogP contribution in [0.1, 0.15) is 36.1 Å². The number of rotatable bonds is 6. The van der Waals surface area contributed by atoms with E-state index in [4.69, 9.17) is 4.74 Å². The van der Waals surface area contributed by atoms with Crippen molar-refractivity contribution in [2.75, 3.05) is 20.7 Å². The number of hydrogen-bond donors (Lipinski definition) is 2. The zero-order valence-corrected chi connectivity index (χ0v) is 13.4. The molecule has 2 N–H and O–H groups in total. The Kier molecular flexibility index (Phi) is 5.39. The Morgan fingerprint density at radius 3 is 2.32 bits per heavy atom. The van der Waals surface area contributed by atoms with Crippen LogP contribution in [0.2, 0.25) is 0 Å². The molecule has 1 rings (SSSR count). The summed E-state index contributed by atoms with van der Waals surface area (Å²) in [5.41, 5.74) is 5.12. The highest BCUT2D eigenvalue weighted by Crippen LogP contribution is 2.29. The number of hydrogen-bond acceptors (Lipinski definition) is 3. The van der Waals surface area contributed by atoms with Crippen molar-refractivity contribution in [2.24, 2.45) is 0 Å². The predicted octanol–water partition coefficient (Wildman–Crippen LogP) is 2.71. The highest BCUT2D eigenvalue weighted by molar-refractivity contribution is 5.49. The topological polar surface area (TPSA) is 33.3 Å². The standard InChI is InChI=1S/C16H28N2O/c1-11-8-12(2)14(15(19-7)13(11)3)9-18-16(4,5)10-17-6/h8,17-18H,9-10H2,1-7H3. The van der Waals surface area contributed by atoms with E-state index in [-0.39, 0.29) is 5.54 Å². The molecule has 0 heterocycles. The molecule has 0 unspecified atom stereocenters. The van der Waals surface area contributed by atoms with E-state index in [1.807, 2.05) is 7.05 Å². The van der Waals surface area contributed by atoms with Gasteiger partial charge < -0.3 is 15.4 Å². The number of benzene rings is 1. The molecule has 0 radical (unpaired) electrons. The van der Waals surface area contributed by atoms with Crippen molar-refractivity contribution in [3.05, 3.63) is 28.3 Å². The molecule has 0 aromatic heterocycles. The molecule has 3 heteroatoms. The van der Waals surface area contributed by atoms with Crippen molar-refractivity contribution in [1.29, 1.82) is 0 Å². The average molecular weight is 264 g/mol. The van der Waals surface area contributed by atoms with Crippen molar-refractivity contribution in [3.63, 3.8) is 0 Å². The minimum Gasteiger partial charge on any atom is -0.496 e. The van der Waals surface area contributed by atoms with Gasteiger partial charge in [0.2, 0.25) is 0 Å². The molecule has 0 spiro atoms. The fourth-order valence-corrected chi connectivity index (χ4v) is 2.43. The van der Waals surface area contributed by atoms with Gasteiger partial charge in [0.1, 0.15) is 5.75 Å². The zero-order valence-electron chi connectivity index (χ0n) is 13.4. The summed E-state index contributed by atoms with van der Waals surface area (Å²) in [5, 5.41) is 6.81. The first-order valence-electron chi connectivity index (χ1n) is 6.85. The van der Waals surface area contributed by atoms with Crippen LogP contribution in [0.5, 0.6) is 5.75 Å². The van der Waals surface area contributed by atoms with E-state index in [9.17, 15) is 0 Å². The van der Waals surface area contributed by atoms with Crippen LogP contribution in [-0.2, 0) is 6.54 Å². The van der Waals surface area contributed by atoms with Crippen molar-refractivity contribution < 1.29 is 4.74 Å². The number of methoxy groups -OCH3 is 1. The van der Waals surface area contributed by atoms with Gasteiger partial charge in [-0.15, -0.1) is 0 Å². The molecule has 0 bridgehead atoms. The lowest BCUT2D eigenvalue weighted by Gasteiger charge is -2.27. The smallest absolute Gasteiger partial charge is 0.126 e. The molecule has 0 saturated heterocycles. The minimum absolute atomic E-state index is 0.0605. The van der Waals surface area contributed by atoms with Crippen LogP contribution in [-0.4, -0.2) is 26.2 Å². The average Bonchev–Trinajstić information content (AvgIpc) is 2.31. The van der Waals surface area contributed by atoms with Gasteiger partial charge in [0.25, 0.3) is 0 Å². The van der Waals surface area contributed by atoms with Gasteiger partial charge in [0, 0.05) is 24.2 Å². The quantitative estimate of drug-likeness (QED) is 0.829.